The molecule has 150 valence electrons. The molecule has 0 saturated carbocycles. The lowest BCUT2D eigenvalue weighted by Gasteiger charge is -2.34. The van der Waals surface area contributed by atoms with E-state index in [9.17, 15) is 14.7 Å². The van der Waals surface area contributed by atoms with Crippen molar-refractivity contribution in [1.82, 2.24) is 19.9 Å². The Balaban J connectivity index is 1.32. The Bertz CT molecular complexity index is 1040. The van der Waals surface area contributed by atoms with Crippen LogP contribution in [-0.2, 0) is 11.3 Å². The van der Waals surface area contributed by atoms with Crippen molar-refractivity contribution in [2.75, 3.05) is 13.1 Å². The predicted octanol–water partition coefficient (Wildman–Crippen LogP) is 2.15. The molecule has 4 rings (SSSR count). The quantitative estimate of drug-likeness (QED) is 0.719. The van der Waals surface area contributed by atoms with E-state index in [1.54, 1.807) is 18.2 Å². The van der Waals surface area contributed by atoms with Gasteiger partial charge < -0.3 is 10.0 Å². The van der Waals surface area contributed by atoms with Gasteiger partial charge in [0.2, 0.25) is 5.91 Å². The van der Waals surface area contributed by atoms with Gasteiger partial charge in [-0.05, 0) is 36.5 Å². The molecule has 1 N–H and O–H groups in total. The first-order chi connectivity index (χ1) is 14.1. The van der Waals surface area contributed by atoms with E-state index in [0.717, 1.165) is 18.4 Å². The normalized spacial score (nSPS) is 16.1. The van der Waals surface area contributed by atoms with Crippen LogP contribution >= 0.6 is 0 Å². The molecule has 0 aliphatic carbocycles. The van der Waals surface area contributed by atoms with Gasteiger partial charge in [-0.25, -0.2) is 4.68 Å². The van der Waals surface area contributed by atoms with E-state index in [1.165, 1.54) is 4.68 Å². The lowest BCUT2D eigenvalue weighted by atomic mass is 9.87. The van der Waals surface area contributed by atoms with Crippen LogP contribution in [0.1, 0.15) is 30.9 Å². The van der Waals surface area contributed by atoms with Crippen LogP contribution in [0.4, 0.5) is 0 Å². The second-order valence-electron chi connectivity index (χ2n) is 7.46. The first-order valence-corrected chi connectivity index (χ1v) is 9.97. The fourth-order valence-electron chi connectivity index (χ4n) is 3.92. The van der Waals surface area contributed by atoms with Crippen LogP contribution < -0.4 is 5.56 Å². The Hall–Kier alpha value is -3.06. The fraction of sp³-hybridized carbons (Fsp3) is 0.364. The minimum Gasteiger partial charge on any atom is -0.388 e. The van der Waals surface area contributed by atoms with E-state index in [0.29, 0.717) is 24.0 Å². The number of fused-ring (bicyclic) bond motifs is 1. The topological polar surface area (TPSA) is 88.3 Å². The molecule has 1 aromatic heterocycles. The molecule has 1 fully saturated rings. The summed E-state index contributed by atoms with van der Waals surface area (Å²) in [5.41, 5.74) is 1.25. The SMILES string of the molecule is O=C(CCn1nnc2ccccc2c1=O)N1CCC(C(O)c2ccccc2)CC1. The maximum absolute atomic E-state index is 12.6. The summed E-state index contributed by atoms with van der Waals surface area (Å²) in [4.78, 5) is 26.9. The Morgan fingerprint density at radius 1 is 1.07 bits per heavy atom. The maximum Gasteiger partial charge on any atom is 0.277 e. The van der Waals surface area contributed by atoms with Gasteiger partial charge in [0, 0.05) is 19.5 Å². The number of nitrogens with zero attached hydrogens (tertiary/aromatic N) is 4. The van der Waals surface area contributed by atoms with Crippen molar-refractivity contribution >= 4 is 16.8 Å². The van der Waals surface area contributed by atoms with Gasteiger partial charge in [0.25, 0.3) is 5.56 Å². The fourth-order valence-corrected chi connectivity index (χ4v) is 3.92. The molecule has 0 spiro atoms. The number of benzene rings is 2. The van der Waals surface area contributed by atoms with E-state index in [1.807, 2.05) is 41.3 Å². The van der Waals surface area contributed by atoms with Crippen molar-refractivity contribution in [3.8, 4) is 0 Å². The Labute approximate surface area is 168 Å². The number of hydrogen-bond acceptors (Lipinski definition) is 5. The summed E-state index contributed by atoms with van der Waals surface area (Å²) in [7, 11) is 0. The minimum atomic E-state index is -0.500. The molecule has 1 aliphatic rings. The number of piperidine rings is 1. The molecule has 29 heavy (non-hydrogen) atoms. The number of hydrogen-bond donors (Lipinski definition) is 1. The van der Waals surface area contributed by atoms with Crippen LogP contribution in [0.25, 0.3) is 10.9 Å². The van der Waals surface area contributed by atoms with Crippen LogP contribution in [-0.4, -0.2) is 44.0 Å². The van der Waals surface area contributed by atoms with Gasteiger partial charge in [-0.2, -0.15) is 0 Å². The second-order valence-corrected chi connectivity index (χ2v) is 7.46. The van der Waals surface area contributed by atoms with Gasteiger partial charge in [-0.15, -0.1) is 5.10 Å². The molecule has 2 aromatic carbocycles. The van der Waals surface area contributed by atoms with E-state index in [2.05, 4.69) is 10.3 Å². The van der Waals surface area contributed by atoms with Crippen LogP contribution in [0.2, 0.25) is 0 Å². The Morgan fingerprint density at radius 2 is 1.76 bits per heavy atom. The summed E-state index contributed by atoms with van der Waals surface area (Å²) in [6.45, 7) is 1.44. The zero-order valence-corrected chi connectivity index (χ0v) is 16.1. The summed E-state index contributed by atoms with van der Waals surface area (Å²) >= 11 is 0. The van der Waals surface area contributed by atoms with Crippen LogP contribution in [0.3, 0.4) is 0 Å². The monoisotopic (exact) mass is 392 g/mol. The zero-order valence-electron chi connectivity index (χ0n) is 16.1. The highest BCUT2D eigenvalue weighted by molar-refractivity contribution is 5.77. The minimum absolute atomic E-state index is 0.000454. The van der Waals surface area contributed by atoms with Gasteiger partial charge in [0.15, 0.2) is 0 Å². The third-order valence-electron chi connectivity index (χ3n) is 5.65. The highest BCUT2D eigenvalue weighted by Gasteiger charge is 2.28. The van der Waals surface area contributed by atoms with Crippen molar-refractivity contribution in [2.24, 2.45) is 5.92 Å². The average molecular weight is 392 g/mol. The van der Waals surface area contributed by atoms with E-state index < -0.39 is 6.10 Å². The molecule has 7 nitrogen and oxygen atoms in total. The van der Waals surface area contributed by atoms with Gasteiger partial charge in [-0.3, -0.25) is 9.59 Å². The van der Waals surface area contributed by atoms with Crippen molar-refractivity contribution in [3.05, 3.63) is 70.5 Å². The first-order valence-electron chi connectivity index (χ1n) is 9.97. The van der Waals surface area contributed by atoms with Gasteiger partial charge in [0.1, 0.15) is 5.52 Å². The lowest BCUT2D eigenvalue weighted by Crippen LogP contribution is -2.40. The molecule has 1 aliphatic heterocycles. The molecule has 2 heterocycles. The standard InChI is InChI=1S/C22H24N4O3/c27-20(12-15-26-22(29)18-8-4-5-9-19(18)23-24-26)25-13-10-17(11-14-25)21(28)16-6-2-1-3-7-16/h1-9,17,21,28H,10-15H2. The van der Waals surface area contributed by atoms with E-state index >= 15 is 0 Å². The smallest absolute Gasteiger partial charge is 0.277 e. The van der Waals surface area contributed by atoms with Crippen LogP contribution in [0.15, 0.2) is 59.4 Å². The summed E-state index contributed by atoms with van der Waals surface area (Å²) in [5.74, 6) is 0.148. The predicted molar refractivity (Wildman–Crippen MR) is 109 cm³/mol. The Morgan fingerprint density at radius 3 is 2.52 bits per heavy atom. The maximum atomic E-state index is 12.6. The average Bonchev–Trinajstić information content (AvgIpc) is 2.79. The van der Waals surface area contributed by atoms with E-state index in [4.69, 9.17) is 0 Å². The number of rotatable bonds is 5. The van der Waals surface area contributed by atoms with Crippen LogP contribution in [0.5, 0.6) is 0 Å². The number of likely N-dealkylation sites (tertiary alicyclic amines) is 1. The molecule has 7 heteroatoms. The second kappa shape index (κ2) is 8.53. The van der Waals surface area contributed by atoms with Crippen molar-refractivity contribution < 1.29 is 9.90 Å². The number of amides is 1. The molecule has 1 saturated heterocycles. The van der Waals surface area contributed by atoms with Gasteiger partial charge in [0.05, 0.1) is 18.0 Å². The summed E-state index contributed by atoms with van der Waals surface area (Å²) < 4.78 is 1.26. The molecule has 0 radical (unpaired) electrons. The highest BCUT2D eigenvalue weighted by Crippen LogP contribution is 2.30. The van der Waals surface area contributed by atoms with Gasteiger partial charge >= 0.3 is 0 Å². The number of aliphatic hydroxyl groups is 1. The van der Waals surface area contributed by atoms with Crippen molar-refractivity contribution in [1.29, 1.82) is 0 Å². The number of aliphatic hydroxyl groups excluding tert-OH is 1. The van der Waals surface area contributed by atoms with Gasteiger partial charge in [-0.1, -0.05) is 47.7 Å². The summed E-state index contributed by atoms with van der Waals surface area (Å²) in [6, 6.07) is 16.7. The van der Waals surface area contributed by atoms with Crippen molar-refractivity contribution in [3.63, 3.8) is 0 Å². The molecule has 3 aromatic rings. The highest BCUT2D eigenvalue weighted by atomic mass is 16.3. The van der Waals surface area contributed by atoms with Crippen molar-refractivity contribution in [2.45, 2.75) is 31.9 Å². The zero-order chi connectivity index (χ0) is 20.2. The molecule has 1 amide bonds. The molecular weight excluding hydrogens is 368 g/mol. The largest absolute Gasteiger partial charge is 0.388 e. The molecule has 0 bridgehead atoms. The molecule has 1 unspecified atom stereocenters. The lowest BCUT2D eigenvalue weighted by molar-refractivity contribution is -0.133. The first kappa shape index (κ1) is 19.3. The molecular formula is C22H24N4O3. The third kappa shape index (κ3) is 4.19. The summed E-state index contributed by atoms with van der Waals surface area (Å²) in [5, 5.41) is 19.1. The number of carbonyl (C=O) groups is 1. The number of carbonyl (C=O) groups excluding carboxylic acids is 1. The number of aryl methyl sites for hydroxylation is 1. The van der Waals surface area contributed by atoms with Crippen LogP contribution in [0, 0.1) is 5.92 Å². The number of aromatic nitrogens is 3. The third-order valence-corrected chi connectivity index (χ3v) is 5.65. The van der Waals surface area contributed by atoms with E-state index in [-0.39, 0.29) is 30.3 Å². The Kier molecular flexibility index (Phi) is 5.67. The summed E-state index contributed by atoms with van der Waals surface area (Å²) in [6.07, 6.45) is 1.23. The molecule has 1 atom stereocenters.